The number of nitrogens with zero attached hydrogens (tertiary/aromatic N) is 3. The molecule has 56 heavy (non-hydrogen) atoms. The number of thiophene rings is 1. The van der Waals surface area contributed by atoms with Crippen molar-refractivity contribution >= 4 is 53.4 Å². The van der Waals surface area contributed by atoms with E-state index >= 15 is 0 Å². The van der Waals surface area contributed by atoms with E-state index in [9.17, 15) is 0 Å². The van der Waals surface area contributed by atoms with Gasteiger partial charge in [-0.15, -0.1) is 11.3 Å². The summed E-state index contributed by atoms with van der Waals surface area (Å²) in [5, 5.41) is 4.72. The molecule has 3 aromatic heterocycles. The summed E-state index contributed by atoms with van der Waals surface area (Å²) < 4.78 is 9.24. The fourth-order valence-corrected chi connectivity index (χ4v) is 8.93. The van der Waals surface area contributed by atoms with Crippen LogP contribution >= 0.6 is 11.3 Å². The molecule has 0 amide bonds. The van der Waals surface area contributed by atoms with Gasteiger partial charge in [0.1, 0.15) is 11.2 Å². The zero-order chi connectivity index (χ0) is 37.0. The lowest BCUT2D eigenvalue weighted by molar-refractivity contribution is 0.669. The smallest absolute Gasteiger partial charge is 0.164 e. The molecule has 262 valence electrons. The molecule has 5 heteroatoms. The van der Waals surface area contributed by atoms with Gasteiger partial charge in [0.2, 0.25) is 0 Å². The van der Waals surface area contributed by atoms with E-state index in [4.69, 9.17) is 19.4 Å². The van der Waals surface area contributed by atoms with Gasteiger partial charge in [0.05, 0.1) is 0 Å². The predicted molar refractivity (Wildman–Crippen MR) is 233 cm³/mol. The van der Waals surface area contributed by atoms with Crippen molar-refractivity contribution in [3.63, 3.8) is 0 Å². The van der Waals surface area contributed by atoms with Gasteiger partial charge in [0, 0.05) is 47.6 Å². The molecule has 0 fully saturated rings. The lowest BCUT2D eigenvalue weighted by Crippen LogP contribution is -2.00. The zero-order valence-electron chi connectivity index (χ0n) is 30.1. The molecule has 0 atom stereocenters. The van der Waals surface area contributed by atoms with Gasteiger partial charge in [-0.2, -0.15) is 0 Å². The largest absolute Gasteiger partial charge is 0.456 e. The number of furan rings is 1. The molecule has 0 aliphatic carbocycles. The highest BCUT2D eigenvalue weighted by molar-refractivity contribution is 7.25. The molecule has 0 spiro atoms. The fourth-order valence-electron chi connectivity index (χ4n) is 7.85. The lowest BCUT2D eigenvalue weighted by Gasteiger charge is -2.12. The molecular weight excluding hydrogens is 703 g/mol. The topological polar surface area (TPSA) is 51.8 Å². The van der Waals surface area contributed by atoms with Gasteiger partial charge in [-0.3, -0.25) is 0 Å². The highest BCUT2D eigenvalue weighted by atomic mass is 32.1. The van der Waals surface area contributed by atoms with Crippen molar-refractivity contribution in [2.45, 2.75) is 0 Å². The van der Waals surface area contributed by atoms with E-state index in [1.165, 1.54) is 36.9 Å². The van der Waals surface area contributed by atoms with Crippen LogP contribution in [-0.4, -0.2) is 15.0 Å². The number of fused-ring (bicyclic) bond motifs is 6. The van der Waals surface area contributed by atoms with Crippen LogP contribution in [0.25, 0.3) is 110 Å². The van der Waals surface area contributed by atoms with Gasteiger partial charge in [-0.1, -0.05) is 152 Å². The summed E-state index contributed by atoms with van der Waals surface area (Å²) in [5.74, 6) is 1.82. The quantitative estimate of drug-likeness (QED) is 0.171. The molecule has 0 aliphatic heterocycles. The maximum atomic E-state index is 6.63. The van der Waals surface area contributed by atoms with E-state index in [1.807, 2.05) is 47.7 Å². The van der Waals surface area contributed by atoms with Crippen molar-refractivity contribution in [3.05, 3.63) is 188 Å². The Labute approximate surface area is 327 Å². The van der Waals surface area contributed by atoms with Crippen molar-refractivity contribution in [2.24, 2.45) is 0 Å². The van der Waals surface area contributed by atoms with E-state index in [0.717, 1.165) is 55.3 Å². The molecule has 0 saturated heterocycles. The molecule has 3 heterocycles. The SMILES string of the molecule is c1ccc(-c2ccc(-c3nc(-c4ccccc4)nc(-c4ccc5c(c4)oc4cccc(-c6ccccc6-c6ccc7sc8ccccc8c7c6)c45)n3)cc2)cc1. The highest BCUT2D eigenvalue weighted by Crippen LogP contribution is 2.43. The van der Waals surface area contributed by atoms with Gasteiger partial charge >= 0.3 is 0 Å². The van der Waals surface area contributed by atoms with Gasteiger partial charge in [-0.25, -0.2) is 15.0 Å². The minimum absolute atomic E-state index is 0.588. The number of aromatic nitrogens is 3. The van der Waals surface area contributed by atoms with Crippen LogP contribution in [0.2, 0.25) is 0 Å². The number of hydrogen-bond donors (Lipinski definition) is 0. The summed E-state index contributed by atoms with van der Waals surface area (Å²) in [6.45, 7) is 0. The normalized spacial score (nSPS) is 11.6. The van der Waals surface area contributed by atoms with Crippen LogP contribution < -0.4 is 0 Å². The second-order valence-electron chi connectivity index (χ2n) is 14.0. The Kier molecular flexibility index (Phi) is 7.64. The van der Waals surface area contributed by atoms with Crippen LogP contribution in [0, 0.1) is 0 Å². The lowest BCUT2D eigenvalue weighted by atomic mass is 9.91. The Morgan fingerprint density at radius 2 is 0.875 bits per heavy atom. The standard InChI is InChI=1S/C51H31N3OS/c1-3-12-32(13-4-1)33-22-24-35(25-23-33)50-52-49(34-14-5-2-6-15-34)53-51(54-50)37-26-28-42-45(31-37)55-44-20-11-19-41(48(42)44)39-17-8-7-16-38(39)36-27-29-47-43(30-36)40-18-9-10-21-46(40)56-47/h1-31H. The number of rotatable bonds is 6. The van der Waals surface area contributed by atoms with Crippen LogP contribution in [0.5, 0.6) is 0 Å². The minimum Gasteiger partial charge on any atom is -0.456 e. The molecule has 0 saturated carbocycles. The molecule has 0 N–H and O–H groups in total. The Balaban J connectivity index is 1.02. The fraction of sp³-hybridized carbons (Fsp3) is 0. The average Bonchev–Trinajstić information content (AvgIpc) is 3.85. The molecule has 11 aromatic rings. The molecule has 8 aromatic carbocycles. The van der Waals surface area contributed by atoms with Crippen molar-refractivity contribution < 1.29 is 4.42 Å². The van der Waals surface area contributed by atoms with E-state index < -0.39 is 0 Å². The Hall–Kier alpha value is -7.21. The molecule has 0 radical (unpaired) electrons. The summed E-state index contributed by atoms with van der Waals surface area (Å²) in [4.78, 5) is 15.0. The van der Waals surface area contributed by atoms with Crippen LogP contribution in [0.15, 0.2) is 192 Å². The molecule has 4 nitrogen and oxygen atoms in total. The number of hydrogen-bond acceptors (Lipinski definition) is 5. The van der Waals surface area contributed by atoms with Crippen molar-refractivity contribution in [3.8, 4) is 67.5 Å². The first kappa shape index (κ1) is 32.2. The molecule has 0 aliphatic rings. The van der Waals surface area contributed by atoms with Crippen molar-refractivity contribution in [1.29, 1.82) is 0 Å². The zero-order valence-corrected chi connectivity index (χ0v) is 30.9. The molecule has 11 rings (SSSR count). The van der Waals surface area contributed by atoms with E-state index in [2.05, 4.69) is 152 Å². The van der Waals surface area contributed by atoms with Crippen LogP contribution in [-0.2, 0) is 0 Å². The van der Waals surface area contributed by atoms with E-state index in [0.29, 0.717) is 17.5 Å². The van der Waals surface area contributed by atoms with Crippen molar-refractivity contribution in [2.75, 3.05) is 0 Å². The maximum Gasteiger partial charge on any atom is 0.164 e. The van der Waals surface area contributed by atoms with Crippen LogP contribution in [0.3, 0.4) is 0 Å². The van der Waals surface area contributed by atoms with Crippen LogP contribution in [0.4, 0.5) is 0 Å². The Morgan fingerprint density at radius 3 is 1.66 bits per heavy atom. The molecular formula is C51H31N3OS. The average molecular weight is 734 g/mol. The summed E-state index contributed by atoms with van der Waals surface area (Å²) in [7, 11) is 0. The molecule has 0 bridgehead atoms. The van der Waals surface area contributed by atoms with Gasteiger partial charge in [-0.05, 0) is 69.8 Å². The van der Waals surface area contributed by atoms with Crippen LogP contribution in [0.1, 0.15) is 0 Å². The summed E-state index contributed by atoms with van der Waals surface area (Å²) in [6, 6.07) is 65.7. The first-order valence-corrected chi connectivity index (χ1v) is 19.5. The Morgan fingerprint density at radius 1 is 0.321 bits per heavy atom. The summed E-state index contributed by atoms with van der Waals surface area (Å²) >= 11 is 1.84. The first-order chi connectivity index (χ1) is 27.7. The second kappa shape index (κ2) is 13.3. The summed E-state index contributed by atoms with van der Waals surface area (Å²) in [5.41, 5.74) is 11.3. The molecule has 0 unspecified atom stereocenters. The van der Waals surface area contributed by atoms with E-state index in [-0.39, 0.29) is 0 Å². The number of benzene rings is 8. The third kappa shape index (κ3) is 5.56. The minimum atomic E-state index is 0.588. The monoisotopic (exact) mass is 733 g/mol. The van der Waals surface area contributed by atoms with Crippen molar-refractivity contribution in [1.82, 2.24) is 15.0 Å². The van der Waals surface area contributed by atoms with Gasteiger partial charge in [0.25, 0.3) is 0 Å². The third-order valence-corrected chi connectivity index (χ3v) is 11.7. The third-order valence-electron chi connectivity index (χ3n) is 10.6. The predicted octanol–water partition coefficient (Wildman–Crippen LogP) is 14.1. The highest BCUT2D eigenvalue weighted by Gasteiger charge is 2.19. The Bertz CT molecular complexity index is 3240. The summed E-state index contributed by atoms with van der Waals surface area (Å²) in [6.07, 6.45) is 0. The maximum absolute atomic E-state index is 6.63. The second-order valence-corrected chi connectivity index (χ2v) is 15.0. The van der Waals surface area contributed by atoms with Gasteiger partial charge < -0.3 is 4.42 Å². The first-order valence-electron chi connectivity index (χ1n) is 18.7. The van der Waals surface area contributed by atoms with Gasteiger partial charge in [0.15, 0.2) is 17.5 Å². The van der Waals surface area contributed by atoms with E-state index in [1.54, 1.807) is 0 Å².